The van der Waals surface area contributed by atoms with Crippen LogP contribution in [-0.2, 0) is 17.6 Å². The molecule has 2 N–H and O–H groups in total. The number of benzene rings is 1. The van der Waals surface area contributed by atoms with E-state index in [2.05, 4.69) is 10.6 Å². The highest BCUT2D eigenvalue weighted by Crippen LogP contribution is 2.39. The van der Waals surface area contributed by atoms with Crippen molar-refractivity contribution in [3.63, 3.8) is 0 Å². The first kappa shape index (κ1) is 15.9. The molecule has 120 valence electrons. The van der Waals surface area contributed by atoms with Gasteiger partial charge < -0.3 is 15.4 Å². The largest absolute Gasteiger partial charge is 0.465 e. The molecule has 0 bridgehead atoms. The molecular formula is C16H15FN2O2S2. The van der Waals surface area contributed by atoms with E-state index >= 15 is 0 Å². The predicted molar refractivity (Wildman–Crippen MR) is 93.9 cm³/mol. The number of anilines is 2. The van der Waals surface area contributed by atoms with E-state index in [1.807, 2.05) is 0 Å². The fraction of sp³-hybridized carbons (Fsp3) is 0.250. The Morgan fingerprint density at radius 2 is 2.00 bits per heavy atom. The standard InChI is InChI=1S/C16H15FN2O2S2/c1-21-15(20)13-11-3-2-4-12(11)23-14(13)19-16(22)18-10-7-5-9(17)6-8-10/h5-8H,2-4H2,1H3,(H2,18,19,22). The SMILES string of the molecule is COC(=O)c1c(NC(=S)Nc2ccc(F)cc2)sc2c1CCC2. The highest BCUT2D eigenvalue weighted by Gasteiger charge is 2.27. The molecule has 1 aromatic heterocycles. The Balaban J connectivity index is 1.78. The van der Waals surface area contributed by atoms with Gasteiger partial charge in [0.05, 0.1) is 12.7 Å². The van der Waals surface area contributed by atoms with Crippen LogP contribution in [0.25, 0.3) is 0 Å². The third kappa shape index (κ3) is 3.35. The molecule has 3 rings (SSSR count). The number of halogens is 1. The average molecular weight is 350 g/mol. The van der Waals surface area contributed by atoms with Gasteiger partial charge in [0, 0.05) is 10.6 Å². The number of hydrogen-bond donors (Lipinski definition) is 2. The summed E-state index contributed by atoms with van der Waals surface area (Å²) in [6, 6.07) is 5.90. The maximum atomic E-state index is 12.9. The van der Waals surface area contributed by atoms with Crippen molar-refractivity contribution in [1.82, 2.24) is 0 Å². The minimum absolute atomic E-state index is 0.308. The van der Waals surface area contributed by atoms with Crippen molar-refractivity contribution in [2.24, 2.45) is 0 Å². The fourth-order valence-corrected chi connectivity index (χ4v) is 4.18. The molecule has 2 aromatic rings. The average Bonchev–Trinajstić information content (AvgIpc) is 3.09. The lowest BCUT2D eigenvalue weighted by Crippen LogP contribution is -2.20. The van der Waals surface area contributed by atoms with Crippen LogP contribution in [0.5, 0.6) is 0 Å². The number of carbonyl (C=O) groups excluding carboxylic acids is 1. The van der Waals surface area contributed by atoms with Crippen LogP contribution in [0.2, 0.25) is 0 Å². The van der Waals surface area contributed by atoms with Crippen molar-refractivity contribution >= 4 is 45.3 Å². The molecule has 0 radical (unpaired) electrons. The molecule has 0 atom stereocenters. The van der Waals surface area contributed by atoms with Crippen molar-refractivity contribution in [3.8, 4) is 0 Å². The van der Waals surface area contributed by atoms with Crippen LogP contribution in [0.1, 0.15) is 27.2 Å². The molecule has 1 aromatic carbocycles. The molecule has 1 aliphatic carbocycles. The number of ether oxygens (including phenoxy) is 1. The van der Waals surface area contributed by atoms with E-state index in [1.54, 1.807) is 12.1 Å². The number of nitrogens with one attached hydrogen (secondary N) is 2. The summed E-state index contributed by atoms with van der Waals surface area (Å²) in [4.78, 5) is 13.3. The minimum Gasteiger partial charge on any atom is -0.465 e. The fourth-order valence-electron chi connectivity index (χ4n) is 2.61. The van der Waals surface area contributed by atoms with E-state index in [-0.39, 0.29) is 11.8 Å². The van der Waals surface area contributed by atoms with E-state index in [1.165, 1.54) is 35.5 Å². The summed E-state index contributed by atoms with van der Waals surface area (Å²) in [5, 5.41) is 7.08. The van der Waals surface area contributed by atoms with Crippen LogP contribution in [0.4, 0.5) is 15.1 Å². The van der Waals surface area contributed by atoms with Crippen molar-refractivity contribution in [1.29, 1.82) is 0 Å². The second kappa shape index (κ2) is 6.64. The number of methoxy groups -OCH3 is 1. The molecule has 7 heteroatoms. The van der Waals surface area contributed by atoms with Crippen molar-refractivity contribution in [2.45, 2.75) is 19.3 Å². The maximum Gasteiger partial charge on any atom is 0.341 e. The quantitative estimate of drug-likeness (QED) is 0.648. The summed E-state index contributed by atoms with van der Waals surface area (Å²) in [5.41, 5.74) is 2.31. The summed E-state index contributed by atoms with van der Waals surface area (Å²) < 4.78 is 17.8. The van der Waals surface area contributed by atoms with Gasteiger partial charge in [-0.05, 0) is 61.3 Å². The molecule has 4 nitrogen and oxygen atoms in total. The highest BCUT2D eigenvalue weighted by atomic mass is 32.1. The van der Waals surface area contributed by atoms with Gasteiger partial charge in [-0.3, -0.25) is 0 Å². The monoisotopic (exact) mass is 350 g/mol. The van der Waals surface area contributed by atoms with Gasteiger partial charge in [-0.25, -0.2) is 9.18 Å². The lowest BCUT2D eigenvalue weighted by atomic mass is 10.1. The molecule has 0 aliphatic heterocycles. The van der Waals surface area contributed by atoms with E-state index in [0.717, 1.165) is 24.8 Å². The van der Waals surface area contributed by atoms with Crippen LogP contribution in [0, 0.1) is 5.82 Å². The third-order valence-corrected chi connectivity index (χ3v) is 5.05. The van der Waals surface area contributed by atoms with Crippen LogP contribution in [-0.4, -0.2) is 18.2 Å². The first-order valence-corrected chi connectivity index (χ1v) is 8.37. The van der Waals surface area contributed by atoms with Gasteiger partial charge >= 0.3 is 5.97 Å². The van der Waals surface area contributed by atoms with Gasteiger partial charge in [0.25, 0.3) is 0 Å². The number of thiocarbonyl (C=S) groups is 1. The molecule has 0 saturated heterocycles. The Morgan fingerprint density at radius 3 is 2.70 bits per heavy atom. The van der Waals surface area contributed by atoms with Crippen LogP contribution < -0.4 is 10.6 Å². The zero-order chi connectivity index (χ0) is 16.4. The normalized spacial score (nSPS) is 12.6. The zero-order valence-electron chi connectivity index (χ0n) is 12.4. The first-order valence-electron chi connectivity index (χ1n) is 7.15. The number of aryl methyl sites for hydroxylation is 1. The molecule has 0 amide bonds. The summed E-state index contributed by atoms with van der Waals surface area (Å²) in [5.74, 6) is -0.659. The molecule has 1 heterocycles. The van der Waals surface area contributed by atoms with Gasteiger partial charge in [-0.1, -0.05) is 0 Å². The van der Waals surface area contributed by atoms with Crippen molar-refractivity contribution < 1.29 is 13.9 Å². The van der Waals surface area contributed by atoms with Crippen LogP contribution in [0.3, 0.4) is 0 Å². The molecule has 1 aliphatic rings. The number of fused-ring (bicyclic) bond motifs is 1. The van der Waals surface area contributed by atoms with E-state index in [0.29, 0.717) is 21.4 Å². The van der Waals surface area contributed by atoms with Gasteiger partial charge in [0.1, 0.15) is 10.8 Å². The zero-order valence-corrected chi connectivity index (χ0v) is 14.1. The molecular weight excluding hydrogens is 335 g/mol. The second-order valence-electron chi connectivity index (χ2n) is 5.14. The van der Waals surface area contributed by atoms with Gasteiger partial charge in [0.15, 0.2) is 5.11 Å². The third-order valence-electron chi connectivity index (χ3n) is 3.64. The molecule has 0 unspecified atom stereocenters. The number of esters is 1. The molecule has 23 heavy (non-hydrogen) atoms. The van der Waals surface area contributed by atoms with E-state index < -0.39 is 0 Å². The number of thiophene rings is 1. The summed E-state index contributed by atoms with van der Waals surface area (Å²) in [6.07, 6.45) is 2.92. The van der Waals surface area contributed by atoms with Gasteiger partial charge in [-0.2, -0.15) is 0 Å². The number of rotatable bonds is 3. The Kier molecular flexibility index (Phi) is 4.58. The second-order valence-corrected chi connectivity index (χ2v) is 6.65. The Labute approximate surface area is 142 Å². The van der Waals surface area contributed by atoms with Crippen LogP contribution in [0.15, 0.2) is 24.3 Å². The summed E-state index contributed by atoms with van der Waals surface area (Å²) in [6.45, 7) is 0. The molecule has 0 fully saturated rings. The Morgan fingerprint density at radius 1 is 1.26 bits per heavy atom. The number of carbonyl (C=O) groups is 1. The maximum absolute atomic E-state index is 12.9. The van der Waals surface area contributed by atoms with Crippen molar-refractivity contribution in [2.75, 3.05) is 17.7 Å². The van der Waals surface area contributed by atoms with Crippen molar-refractivity contribution in [3.05, 3.63) is 46.1 Å². The predicted octanol–water partition coefficient (Wildman–Crippen LogP) is 3.97. The Hall–Kier alpha value is -1.99. The van der Waals surface area contributed by atoms with E-state index in [4.69, 9.17) is 17.0 Å². The Bertz CT molecular complexity index is 756. The topological polar surface area (TPSA) is 50.4 Å². The summed E-state index contributed by atoms with van der Waals surface area (Å²) in [7, 11) is 1.38. The first-order chi connectivity index (χ1) is 11.1. The van der Waals surface area contributed by atoms with Gasteiger partial charge in [-0.15, -0.1) is 11.3 Å². The summed E-state index contributed by atoms with van der Waals surface area (Å²) >= 11 is 6.81. The molecule has 0 saturated carbocycles. The van der Waals surface area contributed by atoms with Gasteiger partial charge in [0.2, 0.25) is 0 Å². The lowest BCUT2D eigenvalue weighted by Gasteiger charge is -2.11. The lowest BCUT2D eigenvalue weighted by molar-refractivity contribution is 0.0601. The molecule has 0 spiro atoms. The number of hydrogen-bond acceptors (Lipinski definition) is 4. The highest BCUT2D eigenvalue weighted by molar-refractivity contribution is 7.80. The smallest absolute Gasteiger partial charge is 0.341 e. The van der Waals surface area contributed by atoms with E-state index in [9.17, 15) is 9.18 Å². The van der Waals surface area contributed by atoms with Crippen LogP contribution >= 0.6 is 23.6 Å². The minimum atomic E-state index is -0.350.